The van der Waals surface area contributed by atoms with E-state index in [1.54, 1.807) is 41.0 Å². The van der Waals surface area contributed by atoms with Crippen LogP contribution in [0.25, 0.3) is 16.8 Å². The minimum absolute atomic E-state index is 0.120. The predicted octanol–water partition coefficient (Wildman–Crippen LogP) is 6.39. The van der Waals surface area contributed by atoms with Crippen LogP contribution in [-0.2, 0) is 4.79 Å². The van der Waals surface area contributed by atoms with E-state index in [1.165, 1.54) is 0 Å². The lowest BCUT2D eigenvalue weighted by atomic mass is 10.1. The highest BCUT2D eigenvalue weighted by Crippen LogP contribution is 2.33. The van der Waals surface area contributed by atoms with E-state index in [0.29, 0.717) is 22.9 Å². The molecule has 4 rings (SSSR count). The van der Waals surface area contributed by atoms with Gasteiger partial charge < -0.3 is 15.0 Å². The van der Waals surface area contributed by atoms with Crippen LogP contribution in [0.3, 0.4) is 0 Å². The third kappa shape index (κ3) is 6.06. The Hall–Kier alpha value is -4.10. The van der Waals surface area contributed by atoms with Gasteiger partial charge in [0.2, 0.25) is 5.91 Å². The maximum absolute atomic E-state index is 13.5. The first-order chi connectivity index (χ1) is 18.4. The van der Waals surface area contributed by atoms with Crippen molar-refractivity contribution < 1.29 is 14.3 Å². The average Bonchev–Trinajstić information content (AvgIpc) is 3.26. The van der Waals surface area contributed by atoms with E-state index in [4.69, 9.17) is 21.4 Å². The van der Waals surface area contributed by atoms with Gasteiger partial charge in [-0.05, 0) is 55.3 Å². The molecule has 0 aliphatic rings. The molecule has 1 aromatic heterocycles. The van der Waals surface area contributed by atoms with Gasteiger partial charge in [-0.1, -0.05) is 67.4 Å². The minimum atomic E-state index is -0.326. The van der Waals surface area contributed by atoms with Crippen molar-refractivity contribution in [3.63, 3.8) is 0 Å². The summed E-state index contributed by atoms with van der Waals surface area (Å²) in [5, 5.41) is 8.17. The summed E-state index contributed by atoms with van der Waals surface area (Å²) in [5.74, 6) is 0.649. The zero-order valence-electron chi connectivity index (χ0n) is 21.8. The monoisotopic (exact) mass is 530 g/mol. The van der Waals surface area contributed by atoms with Gasteiger partial charge in [0.05, 0.1) is 29.1 Å². The van der Waals surface area contributed by atoms with E-state index >= 15 is 0 Å². The number of anilines is 1. The van der Waals surface area contributed by atoms with Gasteiger partial charge in [0.25, 0.3) is 5.91 Å². The summed E-state index contributed by atoms with van der Waals surface area (Å²) in [6.07, 6.45) is 1.65. The van der Waals surface area contributed by atoms with E-state index in [9.17, 15) is 9.59 Å². The number of hydrogen-bond donors (Lipinski definition) is 1. The van der Waals surface area contributed by atoms with Crippen LogP contribution >= 0.6 is 11.6 Å². The Kier molecular flexibility index (Phi) is 8.81. The van der Waals surface area contributed by atoms with Gasteiger partial charge in [0.1, 0.15) is 18.1 Å². The number of carbonyl (C=O) groups excluding carboxylic acids is 2. The fraction of sp³-hybridized carbons (Fsp3) is 0.233. The Labute approximate surface area is 228 Å². The topological polar surface area (TPSA) is 76.5 Å². The summed E-state index contributed by atoms with van der Waals surface area (Å²) >= 11 is 6.30. The second-order valence-corrected chi connectivity index (χ2v) is 9.30. The number of unbranched alkanes of at least 4 members (excludes halogenated alkanes) is 1. The first-order valence-corrected chi connectivity index (χ1v) is 12.9. The second-order valence-electron chi connectivity index (χ2n) is 8.89. The second kappa shape index (κ2) is 12.4. The molecule has 0 radical (unpaired) electrons. The molecule has 1 N–H and O–H groups in total. The van der Waals surface area contributed by atoms with Gasteiger partial charge in [-0.25, -0.2) is 4.68 Å². The molecule has 38 heavy (non-hydrogen) atoms. The highest BCUT2D eigenvalue weighted by atomic mass is 35.5. The molecular weight excluding hydrogens is 500 g/mol. The van der Waals surface area contributed by atoms with Crippen molar-refractivity contribution in [3.8, 4) is 22.6 Å². The standard InChI is InChI=1S/C30H31ClN4O3/c1-4-5-19-34(30(37)25-13-9-10-14-26(25)31)20-27(36)32-29-28(22-11-7-6-8-12-22)21(2)33-35(29)23-15-17-24(38-3)18-16-23/h6-18H,4-5,19-20H2,1-3H3,(H,32,36). The molecule has 0 unspecified atom stereocenters. The number of amides is 2. The molecule has 3 aromatic carbocycles. The number of halogens is 1. The molecule has 0 spiro atoms. The molecule has 0 saturated carbocycles. The molecule has 0 atom stereocenters. The Bertz CT molecular complexity index is 1400. The lowest BCUT2D eigenvalue weighted by Crippen LogP contribution is -2.39. The fourth-order valence-corrected chi connectivity index (χ4v) is 4.47. The van der Waals surface area contributed by atoms with Crippen LogP contribution in [0.2, 0.25) is 5.02 Å². The van der Waals surface area contributed by atoms with Crippen molar-refractivity contribution in [1.82, 2.24) is 14.7 Å². The van der Waals surface area contributed by atoms with Gasteiger partial charge in [-0.15, -0.1) is 0 Å². The van der Waals surface area contributed by atoms with Gasteiger partial charge in [-0.3, -0.25) is 9.59 Å². The summed E-state index contributed by atoms with van der Waals surface area (Å²) in [6, 6.07) is 24.1. The van der Waals surface area contributed by atoms with Crippen molar-refractivity contribution in [3.05, 3.63) is 95.1 Å². The normalized spacial score (nSPS) is 10.7. The average molecular weight is 531 g/mol. The van der Waals surface area contributed by atoms with Crippen molar-refractivity contribution in [2.24, 2.45) is 0 Å². The number of carbonyl (C=O) groups is 2. The molecule has 1 heterocycles. The van der Waals surface area contributed by atoms with Crippen LogP contribution in [0.1, 0.15) is 35.8 Å². The van der Waals surface area contributed by atoms with Crippen LogP contribution in [0.15, 0.2) is 78.9 Å². The van der Waals surface area contributed by atoms with Gasteiger partial charge in [0.15, 0.2) is 0 Å². The zero-order chi connectivity index (χ0) is 27.1. The minimum Gasteiger partial charge on any atom is -0.497 e. The number of ether oxygens (including phenoxy) is 1. The molecule has 196 valence electrons. The Balaban J connectivity index is 1.68. The van der Waals surface area contributed by atoms with E-state index in [1.807, 2.05) is 68.4 Å². The molecule has 0 aliphatic heterocycles. The summed E-state index contributed by atoms with van der Waals surface area (Å²) in [7, 11) is 1.61. The summed E-state index contributed by atoms with van der Waals surface area (Å²) in [5.41, 5.74) is 3.64. The number of hydrogen-bond acceptors (Lipinski definition) is 4. The van der Waals surface area contributed by atoms with Crippen molar-refractivity contribution in [1.29, 1.82) is 0 Å². The number of nitrogens with one attached hydrogen (secondary N) is 1. The van der Waals surface area contributed by atoms with E-state index in [0.717, 1.165) is 41.1 Å². The molecule has 0 bridgehead atoms. The summed E-state index contributed by atoms with van der Waals surface area (Å²) < 4.78 is 7.00. The molecule has 0 saturated heterocycles. The first-order valence-electron chi connectivity index (χ1n) is 12.6. The van der Waals surface area contributed by atoms with Crippen LogP contribution in [0.5, 0.6) is 5.75 Å². The van der Waals surface area contributed by atoms with Crippen LogP contribution in [-0.4, -0.2) is 46.7 Å². The lowest BCUT2D eigenvalue weighted by molar-refractivity contribution is -0.116. The summed E-state index contributed by atoms with van der Waals surface area (Å²) in [6.45, 7) is 4.27. The van der Waals surface area contributed by atoms with E-state index in [-0.39, 0.29) is 18.4 Å². The lowest BCUT2D eigenvalue weighted by Gasteiger charge is -2.23. The third-order valence-electron chi connectivity index (χ3n) is 6.21. The van der Waals surface area contributed by atoms with E-state index in [2.05, 4.69) is 5.32 Å². The molecule has 4 aromatic rings. The van der Waals surface area contributed by atoms with Gasteiger partial charge in [-0.2, -0.15) is 5.10 Å². The van der Waals surface area contributed by atoms with Crippen molar-refractivity contribution in [2.45, 2.75) is 26.7 Å². The quantitative estimate of drug-likeness (QED) is 0.258. The largest absolute Gasteiger partial charge is 0.497 e. The van der Waals surface area contributed by atoms with Crippen molar-refractivity contribution >= 4 is 29.2 Å². The highest BCUT2D eigenvalue weighted by Gasteiger charge is 2.24. The number of nitrogens with zero attached hydrogens (tertiary/aromatic N) is 3. The van der Waals surface area contributed by atoms with Crippen LogP contribution in [0, 0.1) is 6.92 Å². The predicted molar refractivity (Wildman–Crippen MR) is 151 cm³/mol. The molecule has 8 heteroatoms. The maximum atomic E-state index is 13.5. The number of benzene rings is 3. The third-order valence-corrected chi connectivity index (χ3v) is 6.53. The van der Waals surface area contributed by atoms with Crippen LogP contribution < -0.4 is 10.1 Å². The first kappa shape index (κ1) is 26.9. The Morgan fingerprint density at radius 3 is 2.34 bits per heavy atom. The molecule has 7 nitrogen and oxygen atoms in total. The smallest absolute Gasteiger partial charge is 0.255 e. The Morgan fingerprint density at radius 2 is 1.68 bits per heavy atom. The zero-order valence-corrected chi connectivity index (χ0v) is 22.5. The maximum Gasteiger partial charge on any atom is 0.255 e. The molecule has 0 aliphatic carbocycles. The SMILES string of the molecule is CCCCN(CC(=O)Nc1c(-c2ccccc2)c(C)nn1-c1ccc(OC)cc1)C(=O)c1ccccc1Cl. The van der Waals surface area contributed by atoms with E-state index < -0.39 is 0 Å². The number of rotatable bonds is 10. The van der Waals surface area contributed by atoms with Crippen LogP contribution in [0.4, 0.5) is 5.82 Å². The fourth-order valence-electron chi connectivity index (χ4n) is 4.25. The number of aryl methyl sites for hydroxylation is 1. The Morgan fingerprint density at radius 1 is 1.00 bits per heavy atom. The molecular formula is C30H31ClN4O3. The highest BCUT2D eigenvalue weighted by molar-refractivity contribution is 6.33. The van der Waals surface area contributed by atoms with Gasteiger partial charge in [0, 0.05) is 12.1 Å². The molecule has 2 amide bonds. The van der Waals surface area contributed by atoms with Crippen molar-refractivity contribution in [2.75, 3.05) is 25.5 Å². The van der Waals surface area contributed by atoms with Gasteiger partial charge >= 0.3 is 0 Å². The number of aromatic nitrogens is 2. The number of methoxy groups -OCH3 is 1. The molecule has 0 fully saturated rings. The summed E-state index contributed by atoms with van der Waals surface area (Å²) in [4.78, 5) is 28.4.